The molecule has 0 bridgehead atoms. The second-order valence-electron chi connectivity index (χ2n) is 5.97. The minimum Gasteiger partial charge on any atom is -0.368 e. The maximum atomic E-state index is 13.1. The molecular formula is C17H20INO3S. The Morgan fingerprint density at radius 1 is 1.30 bits per heavy atom. The van der Waals surface area contributed by atoms with E-state index in [0.29, 0.717) is 11.4 Å². The fourth-order valence-electron chi connectivity index (χ4n) is 2.35. The summed E-state index contributed by atoms with van der Waals surface area (Å²) in [5, 5.41) is 0. The van der Waals surface area contributed by atoms with Crippen LogP contribution < -0.4 is 0 Å². The highest BCUT2D eigenvalue weighted by Crippen LogP contribution is 2.31. The zero-order chi connectivity index (χ0) is 16.4. The lowest BCUT2D eigenvalue weighted by Gasteiger charge is -2.27. The lowest BCUT2D eigenvalue weighted by molar-refractivity contribution is 0.415. The van der Waals surface area contributed by atoms with E-state index in [0.717, 1.165) is 17.9 Å². The molecule has 6 heteroatoms. The minimum atomic E-state index is -3.54. The van der Waals surface area contributed by atoms with Gasteiger partial charge in [0.2, 0.25) is 0 Å². The molecule has 2 aliphatic heterocycles. The first-order valence-corrected chi connectivity index (χ1v) is 11.5. The standard InChI is InChI=1S/C17H20INO3S/c1-13(2)11-19(15-4-3-9-18-10-15)23(20,21)16-7-5-14(6-8-16)17-12-22-17/h3-10,13,17H,11-12H2,1-2H3. The van der Waals surface area contributed by atoms with Gasteiger partial charge in [0, 0.05) is 6.54 Å². The third kappa shape index (κ3) is 3.92. The number of halogens is 1. The van der Waals surface area contributed by atoms with Gasteiger partial charge in [-0.05, 0) is 37.8 Å². The van der Waals surface area contributed by atoms with Crippen LogP contribution in [0, 0.1) is 5.92 Å². The van der Waals surface area contributed by atoms with Crippen LogP contribution in [-0.4, -0.2) is 29.9 Å². The Morgan fingerprint density at radius 3 is 2.52 bits per heavy atom. The molecule has 0 aliphatic carbocycles. The van der Waals surface area contributed by atoms with Crippen LogP contribution in [0.25, 0.3) is 0 Å². The number of rotatable bonds is 6. The molecule has 0 amide bonds. The molecule has 0 aromatic heterocycles. The van der Waals surface area contributed by atoms with Crippen LogP contribution in [0.15, 0.2) is 51.1 Å². The molecule has 0 saturated carbocycles. The Morgan fingerprint density at radius 2 is 2.00 bits per heavy atom. The van der Waals surface area contributed by atoms with Crippen LogP contribution >= 0.6 is 20.7 Å². The topological polar surface area (TPSA) is 49.9 Å². The molecule has 1 saturated heterocycles. The molecule has 0 N–H and O–H groups in total. The van der Waals surface area contributed by atoms with Crippen molar-refractivity contribution in [1.82, 2.24) is 4.31 Å². The van der Waals surface area contributed by atoms with Crippen molar-refractivity contribution in [3.63, 3.8) is 0 Å². The van der Waals surface area contributed by atoms with Gasteiger partial charge < -0.3 is 4.74 Å². The van der Waals surface area contributed by atoms with Gasteiger partial charge in [-0.3, -0.25) is 4.31 Å². The first kappa shape index (κ1) is 16.9. The predicted molar refractivity (Wildman–Crippen MR) is 101 cm³/mol. The van der Waals surface area contributed by atoms with Crippen molar-refractivity contribution in [2.75, 3.05) is 13.2 Å². The van der Waals surface area contributed by atoms with E-state index in [2.05, 4.69) is 8.09 Å². The monoisotopic (exact) mass is 445 g/mol. The van der Waals surface area contributed by atoms with Crippen molar-refractivity contribution in [3.8, 4) is 0 Å². The number of epoxide rings is 1. The number of sulfonamides is 1. The van der Waals surface area contributed by atoms with Crippen molar-refractivity contribution in [2.45, 2.75) is 24.8 Å². The SMILES string of the molecule is CC(C)CN(C1=CI=CC=C1)S(=O)(=O)c1ccc(C2CO2)cc1. The zero-order valence-corrected chi connectivity index (χ0v) is 16.1. The highest BCUT2D eigenvalue weighted by atomic mass is 127. The fraction of sp³-hybridized carbons (Fsp3) is 0.353. The molecule has 1 unspecified atom stereocenters. The van der Waals surface area contributed by atoms with Gasteiger partial charge in [-0.25, -0.2) is 8.42 Å². The molecule has 0 radical (unpaired) electrons. The largest absolute Gasteiger partial charge is 0.368 e. The molecule has 23 heavy (non-hydrogen) atoms. The number of hydrogen-bond acceptors (Lipinski definition) is 3. The van der Waals surface area contributed by atoms with Crippen LogP contribution in [0.3, 0.4) is 0 Å². The summed E-state index contributed by atoms with van der Waals surface area (Å²) in [4.78, 5) is 0.338. The Balaban J connectivity index is 1.93. The molecule has 0 spiro atoms. The lowest BCUT2D eigenvalue weighted by atomic mass is 10.2. The Bertz CT molecular complexity index is 760. The average molecular weight is 445 g/mol. The minimum absolute atomic E-state index is 0.141. The number of allylic oxidation sites excluding steroid dienone is 2. The summed E-state index contributed by atoms with van der Waals surface area (Å²) in [6.07, 6.45) is 3.98. The highest BCUT2D eigenvalue weighted by Gasteiger charge is 2.28. The molecule has 1 fully saturated rings. The molecule has 3 rings (SSSR count). The molecule has 1 atom stereocenters. The fourth-order valence-corrected chi connectivity index (χ4v) is 5.72. The molecule has 2 aliphatic rings. The smallest absolute Gasteiger partial charge is 0.264 e. The van der Waals surface area contributed by atoms with Gasteiger partial charge in [0.15, 0.2) is 0 Å². The van der Waals surface area contributed by atoms with Crippen molar-refractivity contribution in [1.29, 1.82) is 0 Å². The van der Waals surface area contributed by atoms with E-state index >= 15 is 0 Å². The van der Waals surface area contributed by atoms with Gasteiger partial charge in [0.25, 0.3) is 10.0 Å². The van der Waals surface area contributed by atoms with E-state index in [1.807, 2.05) is 38.1 Å². The Kier molecular flexibility index (Phi) is 5.03. The van der Waals surface area contributed by atoms with Crippen LogP contribution in [0.5, 0.6) is 0 Å². The van der Waals surface area contributed by atoms with Gasteiger partial charge in [0.05, 0.1) is 17.2 Å². The van der Waals surface area contributed by atoms with Gasteiger partial charge in [-0.15, -0.1) is 0 Å². The quantitative estimate of drug-likeness (QED) is 0.497. The number of nitrogens with zero attached hydrogens (tertiary/aromatic N) is 1. The Hall–Kier alpha value is -0.990. The summed E-state index contributed by atoms with van der Waals surface area (Å²) in [5.41, 5.74) is 1.83. The first-order chi connectivity index (χ1) is 11.0. The van der Waals surface area contributed by atoms with E-state index in [1.165, 1.54) is 0 Å². The molecule has 1 aromatic carbocycles. The van der Waals surface area contributed by atoms with Gasteiger partial charge in [-0.1, -0.05) is 52.8 Å². The van der Waals surface area contributed by atoms with Gasteiger partial charge in [0.1, 0.15) is 6.10 Å². The zero-order valence-electron chi connectivity index (χ0n) is 13.1. The first-order valence-electron chi connectivity index (χ1n) is 7.55. The summed E-state index contributed by atoms with van der Waals surface area (Å²) >= 11 is -0.206. The number of benzene rings is 1. The predicted octanol–water partition coefficient (Wildman–Crippen LogP) is 3.59. The number of ether oxygens (including phenoxy) is 1. The summed E-state index contributed by atoms with van der Waals surface area (Å²) in [6.45, 7) is 5.27. The van der Waals surface area contributed by atoms with E-state index in [9.17, 15) is 8.42 Å². The maximum Gasteiger partial charge on any atom is 0.264 e. The van der Waals surface area contributed by atoms with Crippen molar-refractivity contribution >= 4 is 34.8 Å². The molecule has 2 heterocycles. The number of hydrogen-bond donors (Lipinski definition) is 0. The normalized spacial score (nSPS) is 20.1. The Labute approximate surface area is 147 Å². The third-order valence-corrected chi connectivity index (χ3v) is 7.22. The summed E-state index contributed by atoms with van der Waals surface area (Å²) < 4.78 is 37.1. The van der Waals surface area contributed by atoms with E-state index in [4.69, 9.17) is 4.74 Å². The second kappa shape index (κ2) is 6.86. The summed E-state index contributed by atoms with van der Waals surface area (Å²) in [5.74, 6) is 0.252. The van der Waals surface area contributed by atoms with Crippen molar-refractivity contribution < 1.29 is 13.2 Å². The van der Waals surface area contributed by atoms with Crippen LogP contribution in [-0.2, 0) is 14.8 Å². The molecule has 124 valence electrons. The summed E-state index contributed by atoms with van der Waals surface area (Å²) in [7, 11) is -3.54. The van der Waals surface area contributed by atoms with Gasteiger partial charge >= 0.3 is 0 Å². The van der Waals surface area contributed by atoms with Crippen molar-refractivity contribution in [2.24, 2.45) is 5.92 Å². The lowest BCUT2D eigenvalue weighted by Crippen LogP contribution is -2.33. The van der Waals surface area contributed by atoms with Crippen LogP contribution in [0.4, 0.5) is 0 Å². The second-order valence-corrected chi connectivity index (χ2v) is 9.89. The average Bonchev–Trinajstić information content (AvgIpc) is 3.38. The molecular weight excluding hydrogens is 425 g/mol. The van der Waals surface area contributed by atoms with Crippen LogP contribution in [0.2, 0.25) is 0 Å². The van der Waals surface area contributed by atoms with Crippen LogP contribution in [0.1, 0.15) is 25.5 Å². The highest BCUT2D eigenvalue weighted by molar-refractivity contribution is 14.2. The third-order valence-electron chi connectivity index (χ3n) is 3.58. The van der Waals surface area contributed by atoms with Crippen molar-refractivity contribution in [3.05, 3.63) is 51.8 Å². The van der Waals surface area contributed by atoms with E-state index in [-0.39, 0.29) is 32.8 Å². The molecule has 1 aromatic rings. The van der Waals surface area contributed by atoms with E-state index < -0.39 is 10.0 Å². The molecule has 4 nitrogen and oxygen atoms in total. The summed E-state index contributed by atoms with van der Waals surface area (Å²) in [6, 6.07) is 7.08. The van der Waals surface area contributed by atoms with Gasteiger partial charge in [-0.2, -0.15) is 0 Å². The van der Waals surface area contributed by atoms with E-state index in [1.54, 1.807) is 16.4 Å². The maximum absolute atomic E-state index is 13.1.